The van der Waals surface area contributed by atoms with E-state index in [-0.39, 0.29) is 5.91 Å². The van der Waals surface area contributed by atoms with Crippen LogP contribution in [0.4, 0.5) is 11.5 Å². The van der Waals surface area contributed by atoms with Gasteiger partial charge in [0, 0.05) is 32.0 Å². The van der Waals surface area contributed by atoms with Crippen LogP contribution in [-0.2, 0) is 5.54 Å². The number of pyridine rings is 1. The molecule has 0 spiro atoms. The Bertz CT molecular complexity index is 923. The van der Waals surface area contributed by atoms with Crippen molar-refractivity contribution in [3.63, 3.8) is 0 Å². The Morgan fingerprint density at radius 2 is 1.87 bits per heavy atom. The van der Waals surface area contributed by atoms with E-state index in [1.807, 2.05) is 49.1 Å². The summed E-state index contributed by atoms with van der Waals surface area (Å²) < 4.78 is 5.86. The minimum absolute atomic E-state index is 0.0312. The van der Waals surface area contributed by atoms with Gasteiger partial charge in [-0.1, -0.05) is 12.1 Å². The minimum atomic E-state index is -0.424. The lowest BCUT2D eigenvalue weighted by molar-refractivity contribution is -0.135. The van der Waals surface area contributed by atoms with Crippen LogP contribution in [0, 0.1) is 0 Å². The molecule has 3 heterocycles. The average Bonchev–Trinajstić information content (AvgIpc) is 2.77. The van der Waals surface area contributed by atoms with Crippen molar-refractivity contribution >= 4 is 17.4 Å². The van der Waals surface area contributed by atoms with E-state index in [4.69, 9.17) is 4.74 Å². The van der Waals surface area contributed by atoms with Crippen LogP contribution in [0.15, 0.2) is 36.5 Å². The molecule has 0 atom stereocenters. The third-order valence-corrected chi connectivity index (χ3v) is 5.89. The highest BCUT2D eigenvalue weighted by Gasteiger charge is 2.26. The Morgan fingerprint density at radius 1 is 1.16 bits per heavy atom. The zero-order chi connectivity index (χ0) is 22.0. The number of rotatable bonds is 5. The van der Waals surface area contributed by atoms with Crippen molar-refractivity contribution in [2.24, 2.45) is 0 Å². The number of hydrazine groups is 1. The number of anilines is 2. The molecule has 4 rings (SSSR count). The van der Waals surface area contributed by atoms with Crippen LogP contribution in [0.5, 0.6) is 5.75 Å². The second-order valence-electron chi connectivity index (χ2n) is 8.71. The Kier molecular flexibility index (Phi) is 6.13. The number of piperidine rings is 1. The number of benzene rings is 1. The summed E-state index contributed by atoms with van der Waals surface area (Å²) in [6.45, 7) is 6.83. The molecular formula is C23H31N5O3. The van der Waals surface area contributed by atoms with Gasteiger partial charge in [0.1, 0.15) is 6.61 Å². The molecule has 166 valence electrons. The lowest BCUT2D eigenvalue weighted by Crippen LogP contribution is -2.45. The highest BCUT2D eigenvalue weighted by molar-refractivity contribution is 5.95. The van der Waals surface area contributed by atoms with Crippen LogP contribution in [-0.4, -0.2) is 59.5 Å². The number of fused-ring (bicyclic) bond motifs is 1. The van der Waals surface area contributed by atoms with Crippen molar-refractivity contribution in [3.05, 3.63) is 47.7 Å². The summed E-state index contributed by atoms with van der Waals surface area (Å²) in [5.74, 6) is 1.40. The molecule has 0 aliphatic carbocycles. The van der Waals surface area contributed by atoms with Crippen LogP contribution < -0.4 is 15.1 Å². The summed E-state index contributed by atoms with van der Waals surface area (Å²) in [4.78, 5) is 21.5. The van der Waals surface area contributed by atoms with E-state index >= 15 is 0 Å². The number of carbonyl (C=O) groups is 1. The van der Waals surface area contributed by atoms with Gasteiger partial charge >= 0.3 is 0 Å². The second kappa shape index (κ2) is 8.82. The van der Waals surface area contributed by atoms with Gasteiger partial charge in [-0.2, -0.15) is 0 Å². The predicted octanol–water partition coefficient (Wildman–Crippen LogP) is 3.30. The molecule has 1 amide bonds. The maximum atomic E-state index is 12.8. The highest BCUT2D eigenvalue weighted by atomic mass is 16.5. The van der Waals surface area contributed by atoms with E-state index in [0.717, 1.165) is 48.2 Å². The lowest BCUT2D eigenvalue weighted by Gasteiger charge is -2.32. The monoisotopic (exact) mass is 425 g/mol. The standard InChI is InChI=1S/C23H31N5O3/c1-23(2,25-26(3)30)18-7-9-19(10-8-18)28-13-14-31-20-15-17(16-24-21(20)28)22(29)27-11-5-4-6-12-27/h7-10,15-16,25,30H,4-6,11-14H2,1-3H3. The van der Waals surface area contributed by atoms with Crippen molar-refractivity contribution < 1.29 is 14.7 Å². The number of hydrogen-bond donors (Lipinski definition) is 2. The predicted molar refractivity (Wildman–Crippen MR) is 119 cm³/mol. The van der Waals surface area contributed by atoms with Crippen molar-refractivity contribution in [2.45, 2.75) is 38.6 Å². The molecule has 1 fully saturated rings. The highest BCUT2D eigenvalue weighted by Crippen LogP contribution is 2.36. The van der Waals surface area contributed by atoms with Gasteiger partial charge in [0.25, 0.3) is 5.91 Å². The van der Waals surface area contributed by atoms with Crippen LogP contribution in [0.1, 0.15) is 49.0 Å². The lowest BCUT2D eigenvalue weighted by atomic mass is 9.95. The van der Waals surface area contributed by atoms with Crippen LogP contribution in [0.3, 0.4) is 0 Å². The Labute approximate surface area is 183 Å². The number of amides is 1. The summed E-state index contributed by atoms with van der Waals surface area (Å²) >= 11 is 0. The molecule has 31 heavy (non-hydrogen) atoms. The van der Waals surface area contributed by atoms with E-state index < -0.39 is 5.54 Å². The van der Waals surface area contributed by atoms with Crippen molar-refractivity contribution in [2.75, 3.05) is 38.2 Å². The first-order valence-electron chi connectivity index (χ1n) is 10.9. The van der Waals surface area contributed by atoms with Gasteiger partial charge in [-0.15, -0.1) is 5.17 Å². The van der Waals surface area contributed by atoms with Crippen molar-refractivity contribution in [3.8, 4) is 5.75 Å². The Hall–Kier alpha value is -2.68. The van der Waals surface area contributed by atoms with E-state index in [9.17, 15) is 10.0 Å². The zero-order valence-corrected chi connectivity index (χ0v) is 18.5. The Balaban J connectivity index is 1.55. The smallest absolute Gasteiger partial charge is 0.255 e. The maximum Gasteiger partial charge on any atom is 0.255 e. The molecule has 1 aromatic carbocycles. The van der Waals surface area contributed by atoms with Crippen LogP contribution in [0.25, 0.3) is 0 Å². The van der Waals surface area contributed by atoms with Crippen LogP contribution in [0.2, 0.25) is 0 Å². The largest absolute Gasteiger partial charge is 0.488 e. The summed E-state index contributed by atoms with van der Waals surface area (Å²) in [5, 5.41) is 10.5. The first-order valence-corrected chi connectivity index (χ1v) is 10.9. The Morgan fingerprint density at radius 3 is 2.55 bits per heavy atom. The molecule has 2 aliphatic rings. The maximum absolute atomic E-state index is 12.8. The summed E-state index contributed by atoms with van der Waals surface area (Å²) in [6, 6.07) is 9.98. The van der Waals surface area contributed by atoms with E-state index in [1.54, 1.807) is 13.2 Å². The fourth-order valence-corrected chi connectivity index (χ4v) is 4.27. The first-order chi connectivity index (χ1) is 14.8. The number of ether oxygens (including phenoxy) is 1. The molecule has 1 saturated heterocycles. The molecule has 8 heteroatoms. The molecule has 2 aliphatic heterocycles. The fourth-order valence-electron chi connectivity index (χ4n) is 4.27. The fraction of sp³-hybridized carbons (Fsp3) is 0.478. The van der Waals surface area contributed by atoms with Crippen LogP contribution >= 0.6 is 0 Å². The van der Waals surface area contributed by atoms with E-state index in [0.29, 0.717) is 24.5 Å². The van der Waals surface area contributed by atoms with E-state index in [2.05, 4.69) is 15.3 Å². The van der Waals surface area contributed by atoms with Gasteiger partial charge in [-0.3, -0.25) is 10.0 Å². The third-order valence-electron chi connectivity index (χ3n) is 5.89. The minimum Gasteiger partial charge on any atom is -0.488 e. The number of nitrogens with zero attached hydrogens (tertiary/aromatic N) is 4. The summed E-state index contributed by atoms with van der Waals surface area (Å²) in [5.41, 5.74) is 5.21. The van der Waals surface area contributed by atoms with Gasteiger partial charge in [-0.25, -0.2) is 10.4 Å². The van der Waals surface area contributed by atoms with Gasteiger partial charge in [0.15, 0.2) is 11.6 Å². The quantitative estimate of drug-likeness (QED) is 0.712. The number of carbonyl (C=O) groups excluding carboxylic acids is 1. The molecule has 0 radical (unpaired) electrons. The summed E-state index contributed by atoms with van der Waals surface area (Å²) in [7, 11) is 1.55. The number of hydroxylamine groups is 1. The molecular weight excluding hydrogens is 394 g/mol. The molecule has 0 unspecified atom stereocenters. The number of likely N-dealkylation sites (tertiary alicyclic amines) is 1. The topological polar surface area (TPSA) is 81.2 Å². The molecule has 1 aromatic heterocycles. The molecule has 0 bridgehead atoms. The van der Waals surface area contributed by atoms with Crippen molar-refractivity contribution in [1.82, 2.24) is 20.5 Å². The second-order valence-corrected chi connectivity index (χ2v) is 8.71. The van der Waals surface area contributed by atoms with Gasteiger partial charge in [0.05, 0.1) is 17.6 Å². The van der Waals surface area contributed by atoms with Crippen molar-refractivity contribution in [1.29, 1.82) is 0 Å². The zero-order valence-electron chi connectivity index (χ0n) is 18.5. The van der Waals surface area contributed by atoms with E-state index in [1.165, 1.54) is 6.42 Å². The molecule has 0 saturated carbocycles. The van der Waals surface area contributed by atoms with Gasteiger partial charge < -0.3 is 14.5 Å². The first kappa shape index (κ1) is 21.5. The van der Waals surface area contributed by atoms with Gasteiger partial charge in [0.2, 0.25) is 0 Å². The summed E-state index contributed by atoms with van der Waals surface area (Å²) in [6.07, 6.45) is 4.97. The molecule has 8 nitrogen and oxygen atoms in total. The van der Waals surface area contributed by atoms with Gasteiger partial charge in [-0.05, 0) is 56.9 Å². The molecule has 2 N–H and O–H groups in total. The SMILES string of the molecule is CN(O)NC(C)(C)c1ccc(N2CCOc3cc(C(=O)N4CCCCC4)cnc32)cc1. The number of hydrogen-bond acceptors (Lipinski definition) is 7. The third kappa shape index (κ3) is 4.66. The molecule has 2 aromatic rings. The normalized spacial score (nSPS) is 16.8. The number of nitrogens with one attached hydrogen (secondary N) is 1. The number of aromatic nitrogens is 1. The average molecular weight is 426 g/mol.